The van der Waals surface area contributed by atoms with Gasteiger partial charge >= 0.3 is 0 Å². The minimum atomic E-state index is -0.0801. The van der Waals surface area contributed by atoms with Crippen LogP contribution in [0.3, 0.4) is 0 Å². The molecule has 2 N–H and O–H groups in total. The van der Waals surface area contributed by atoms with Crippen LogP contribution in [0.2, 0.25) is 0 Å². The molecule has 1 fully saturated rings. The Labute approximate surface area is 86.6 Å². The summed E-state index contributed by atoms with van der Waals surface area (Å²) in [6.45, 7) is 8.77. The van der Waals surface area contributed by atoms with Crippen LogP contribution in [0, 0.1) is 0 Å². The van der Waals surface area contributed by atoms with Crippen LogP contribution in [0.15, 0.2) is 0 Å². The van der Waals surface area contributed by atoms with Crippen molar-refractivity contribution in [2.45, 2.75) is 58.0 Å². The van der Waals surface area contributed by atoms with Crippen LogP contribution < -0.4 is 10.6 Å². The first-order valence-electron chi connectivity index (χ1n) is 5.43. The van der Waals surface area contributed by atoms with E-state index in [-0.39, 0.29) is 17.0 Å². The molecule has 0 radical (unpaired) electrons. The molecule has 3 nitrogen and oxygen atoms in total. The number of hydrogen-bond acceptors (Lipinski definition) is 2. The normalized spacial score (nSPS) is 19.1. The van der Waals surface area contributed by atoms with Crippen molar-refractivity contribution in [2.24, 2.45) is 0 Å². The van der Waals surface area contributed by atoms with Crippen molar-refractivity contribution in [2.75, 3.05) is 6.54 Å². The van der Waals surface area contributed by atoms with Gasteiger partial charge in [-0.25, -0.2) is 0 Å². The molecule has 82 valence electrons. The third-order valence-corrected chi connectivity index (χ3v) is 3.04. The van der Waals surface area contributed by atoms with Crippen LogP contribution in [0.25, 0.3) is 0 Å². The van der Waals surface area contributed by atoms with E-state index in [4.69, 9.17) is 0 Å². The van der Waals surface area contributed by atoms with Crippen molar-refractivity contribution in [3.63, 3.8) is 0 Å². The maximum atomic E-state index is 11.5. The van der Waals surface area contributed by atoms with E-state index in [2.05, 4.69) is 24.5 Å². The summed E-state index contributed by atoms with van der Waals surface area (Å²) in [7, 11) is 0. The van der Waals surface area contributed by atoms with E-state index in [0.717, 1.165) is 6.42 Å². The molecule has 0 unspecified atom stereocenters. The van der Waals surface area contributed by atoms with Gasteiger partial charge in [0, 0.05) is 11.1 Å². The fraction of sp³-hybridized carbons (Fsp3) is 0.909. The Kier molecular flexibility index (Phi) is 3.20. The van der Waals surface area contributed by atoms with E-state index in [0.29, 0.717) is 6.54 Å². The molecule has 1 rings (SSSR count). The topological polar surface area (TPSA) is 41.1 Å². The SMILES string of the molecule is CCC(C)(C)NC(=O)CNC1(C)CC1. The van der Waals surface area contributed by atoms with Gasteiger partial charge in [-0.2, -0.15) is 0 Å². The molecule has 0 saturated heterocycles. The van der Waals surface area contributed by atoms with E-state index in [1.165, 1.54) is 12.8 Å². The first kappa shape index (κ1) is 11.5. The van der Waals surface area contributed by atoms with Crippen molar-refractivity contribution < 1.29 is 4.79 Å². The lowest BCUT2D eigenvalue weighted by Crippen LogP contribution is -2.48. The van der Waals surface area contributed by atoms with Crippen LogP contribution in [0.1, 0.15) is 47.0 Å². The predicted octanol–water partition coefficient (Wildman–Crippen LogP) is 1.43. The molecule has 0 heterocycles. The quantitative estimate of drug-likeness (QED) is 0.701. The van der Waals surface area contributed by atoms with Crippen molar-refractivity contribution in [3.8, 4) is 0 Å². The summed E-state index contributed by atoms with van der Waals surface area (Å²) < 4.78 is 0. The zero-order chi connectivity index (χ0) is 10.8. The Balaban J connectivity index is 2.22. The second-order valence-electron chi connectivity index (χ2n) is 5.20. The second-order valence-corrected chi connectivity index (χ2v) is 5.20. The smallest absolute Gasteiger partial charge is 0.234 e. The highest BCUT2D eigenvalue weighted by Gasteiger charge is 2.37. The molecule has 1 saturated carbocycles. The Bertz CT molecular complexity index is 219. The zero-order valence-electron chi connectivity index (χ0n) is 9.74. The third-order valence-electron chi connectivity index (χ3n) is 3.04. The summed E-state index contributed by atoms with van der Waals surface area (Å²) in [6.07, 6.45) is 3.34. The summed E-state index contributed by atoms with van der Waals surface area (Å²) in [4.78, 5) is 11.5. The number of hydrogen-bond donors (Lipinski definition) is 2. The van der Waals surface area contributed by atoms with Gasteiger partial charge in [-0.1, -0.05) is 6.92 Å². The highest BCUT2D eigenvalue weighted by molar-refractivity contribution is 5.78. The fourth-order valence-electron chi connectivity index (χ4n) is 1.17. The van der Waals surface area contributed by atoms with Crippen molar-refractivity contribution in [1.29, 1.82) is 0 Å². The maximum absolute atomic E-state index is 11.5. The average Bonchev–Trinajstić information content (AvgIpc) is 2.81. The van der Waals surface area contributed by atoms with E-state index in [9.17, 15) is 4.79 Å². The summed E-state index contributed by atoms with van der Waals surface area (Å²) in [5, 5.41) is 6.27. The van der Waals surface area contributed by atoms with E-state index in [1.54, 1.807) is 0 Å². The lowest BCUT2D eigenvalue weighted by Gasteiger charge is -2.25. The lowest BCUT2D eigenvalue weighted by molar-refractivity contribution is -0.122. The summed E-state index contributed by atoms with van der Waals surface area (Å²) in [6, 6.07) is 0. The monoisotopic (exact) mass is 198 g/mol. The van der Waals surface area contributed by atoms with Gasteiger partial charge in [0.2, 0.25) is 5.91 Å². The van der Waals surface area contributed by atoms with Crippen LogP contribution in [0.4, 0.5) is 0 Å². The molecule has 14 heavy (non-hydrogen) atoms. The van der Waals surface area contributed by atoms with Gasteiger partial charge in [-0.3, -0.25) is 4.79 Å². The minimum absolute atomic E-state index is 0.0801. The van der Waals surface area contributed by atoms with E-state index in [1.807, 2.05) is 13.8 Å². The fourth-order valence-corrected chi connectivity index (χ4v) is 1.17. The molecule has 0 aromatic rings. The van der Waals surface area contributed by atoms with Crippen LogP contribution in [-0.4, -0.2) is 23.5 Å². The Morgan fingerprint density at radius 1 is 1.43 bits per heavy atom. The Morgan fingerprint density at radius 2 is 2.00 bits per heavy atom. The minimum Gasteiger partial charge on any atom is -0.350 e. The molecule has 1 aliphatic carbocycles. The van der Waals surface area contributed by atoms with E-state index >= 15 is 0 Å². The maximum Gasteiger partial charge on any atom is 0.234 e. The molecule has 0 bridgehead atoms. The second kappa shape index (κ2) is 3.89. The van der Waals surface area contributed by atoms with E-state index < -0.39 is 0 Å². The number of amides is 1. The number of carbonyl (C=O) groups is 1. The molecule has 1 aliphatic rings. The Morgan fingerprint density at radius 3 is 2.43 bits per heavy atom. The standard InChI is InChI=1S/C11H22N2O/c1-5-10(2,3)13-9(14)8-12-11(4)6-7-11/h12H,5-8H2,1-4H3,(H,13,14). The van der Waals surface area contributed by atoms with Gasteiger partial charge in [0.1, 0.15) is 0 Å². The molecule has 3 heteroatoms. The molecule has 0 aromatic heterocycles. The highest BCUT2D eigenvalue weighted by Crippen LogP contribution is 2.33. The number of carbonyl (C=O) groups excluding carboxylic acids is 1. The van der Waals surface area contributed by atoms with Gasteiger partial charge < -0.3 is 10.6 Å². The molecular weight excluding hydrogens is 176 g/mol. The summed E-state index contributed by atoms with van der Waals surface area (Å²) in [5.74, 6) is 0.102. The van der Waals surface area contributed by atoms with Crippen LogP contribution in [-0.2, 0) is 4.79 Å². The number of nitrogens with one attached hydrogen (secondary N) is 2. The van der Waals surface area contributed by atoms with Crippen molar-refractivity contribution in [1.82, 2.24) is 10.6 Å². The summed E-state index contributed by atoms with van der Waals surface area (Å²) in [5.41, 5.74) is 0.164. The van der Waals surface area contributed by atoms with Gasteiger partial charge in [-0.05, 0) is 40.0 Å². The first-order valence-corrected chi connectivity index (χ1v) is 5.43. The third kappa shape index (κ3) is 3.66. The van der Waals surface area contributed by atoms with Gasteiger partial charge in [0.25, 0.3) is 0 Å². The van der Waals surface area contributed by atoms with Crippen molar-refractivity contribution in [3.05, 3.63) is 0 Å². The molecule has 0 atom stereocenters. The Hall–Kier alpha value is -0.570. The lowest BCUT2D eigenvalue weighted by atomic mass is 10.0. The van der Waals surface area contributed by atoms with Crippen LogP contribution in [0.5, 0.6) is 0 Å². The molecule has 0 aromatic carbocycles. The average molecular weight is 198 g/mol. The van der Waals surface area contributed by atoms with Crippen molar-refractivity contribution >= 4 is 5.91 Å². The van der Waals surface area contributed by atoms with Gasteiger partial charge in [-0.15, -0.1) is 0 Å². The summed E-state index contributed by atoms with van der Waals surface area (Å²) >= 11 is 0. The van der Waals surface area contributed by atoms with Gasteiger partial charge in [0.05, 0.1) is 6.54 Å². The molecule has 0 spiro atoms. The predicted molar refractivity (Wildman–Crippen MR) is 58.2 cm³/mol. The van der Waals surface area contributed by atoms with Gasteiger partial charge in [0.15, 0.2) is 0 Å². The zero-order valence-corrected chi connectivity index (χ0v) is 9.74. The highest BCUT2D eigenvalue weighted by atomic mass is 16.2. The number of rotatable bonds is 5. The van der Waals surface area contributed by atoms with Crippen LogP contribution >= 0.6 is 0 Å². The molecular formula is C11H22N2O. The molecule has 0 aliphatic heterocycles. The molecule has 1 amide bonds. The largest absolute Gasteiger partial charge is 0.350 e. The first-order chi connectivity index (χ1) is 6.37.